The monoisotopic (exact) mass is 291 g/mol. The summed E-state index contributed by atoms with van der Waals surface area (Å²) in [5, 5.41) is 0. The minimum Gasteiger partial charge on any atom is -0.383 e. The predicted octanol–water partition coefficient (Wildman–Crippen LogP) is 2.67. The first-order valence-corrected chi connectivity index (χ1v) is 8.22. The quantitative estimate of drug-likeness (QED) is 0.800. The maximum atomic E-state index is 6.00. The van der Waals surface area contributed by atoms with E-state index >= 15 is 0 Å². The SMILES string of the molecule is CCC(CC)N(CCOC)c1nc2c(cc1CN)CCC2. The van der Waals surface area contributed by atoms with Gasteiger partial charge in [-0.25, -0.2) is 4.98 Å². The lowest BCUT2D eigenvalue weighted by molar-refractivity contribution is 0.202. The summed E-state index contributed by atoms with van der Waals surface area (Å²) in [5.74, 6) is 1.09. The Hall–Kier alpha value is -1.13. The molecule has 1 aromatic heterocycles. The number of methoxy groups -OCH3 is 1. The molecular weight excluding hydrogens is 262 g/mol. The van der Waals surface area contributed by atoms with Gasteiger partial charge in [-0.05, 0) is 43.7 Å². The highest BCUT2D eigenvalue weighted by molar-refractivity contribution is 5.51. The molecule has 0 fully saturated rings. The van der Waals surface area contributed by atoms with Crippen molar-refractivity contribution in [3.8, 4) is 0 Å². The van der Waals surface area contributed by atoms with Gasteiger partial charge in [0.25, 0.3) is 0 Å². The Morgan fingerprint density at radius 1 is 1.33 bits per heavy atom. The Kier molecular flexibility index (Phi) is 6.00. The van der Waals surface area contributed by atoms with Gasteiger partial charge in [0, 0.05) is 37.5 Å². The third-order valence-electron chi connectivity index (χ3n) is 4.52. The number of aryl methyl sites for hydroxylation is 2. The van der Waals surface area contributed by atoms with Crippen LogP contribution in [-0.2, 0) is 24.1 Å². The van der Waals surface area contributed by atoms with E-state index in [0.717, 1.165) is 44.7 Å². The summed E-state index contributed by atoms with van der Waals surface area (Å²) >= 11 is 0. The van der Waals surface area contributed by atoms with E-state index in [1.54, 1.807) is 7.11 Å². The van der Waals surface area contributed by atoms with E-state index in [0.29, 0.717) is 12.6 Å². The summed E-state index contributed by atoms with van der Waals surface area (Å²) in [6.07, 6.45) is 5.71. The summed E-state index contributed by atoms with van der Waals surface area (Å²) in [4.78, 5) is 7.39. The Morgan fingerprint density at radius 3 is 2.71 bits per heavy atom. The highest BCUT2D eigenvalue weighted by Gasteiger charge is 2.23. The van der Waals surface area contributed by atoms with Gasteiger partial charge in [-0.1, -0.05) is 13.8 Å². The third-order valence-corrected chi connectivity index (χ3v) is 4.52. The van der Waals surface area contributed by atoms with Gasteiger partial charge in [-0.2, -0.15) is 0 Å². The Balaban J connectivity index is 2.37. The standard InChI is InChI=1S/C17H29N3O/c1-4-15(5-2)20(9-10-21-3)17-14(12-18)11-13-7-6-8-16(13)19-17/h11,15H,4-10,12,18H2,1-3H3. The summed E-state index contributed by atoms with van der Waals surface area (Å²) < 4.78 is 5.30. The smallest absolute Gasteiger partial charge is 0.133 e. The van der Waals surface area contributed by atoms with Gasteiger partial charge in [0.15, 0.2) is 0 Å². The van der Waals surface area contributed by atoms with Crippen molar-refractivity contribution in [3.05, 3.63) is 22.9 Å². The van der Waals surface area contributed by atoms with Crippen molar-refractivity contribution in [1.82, 2.24) is 4.98 Å². The molecule has 1 heterocycles. The molecule has 2 rings (SSSR count). The number of anilines is 1. The molecule has 0 unspecified atom stereocenters. The zero-order chi connectivity index (χ0) is 15.2. The fourth-order valence-electron chi connectivity index (χ4n) is 3.29. The maximum absolute atomic E-state index is 6.00. The van der Waals surface area contributed by atoms with Crippen LogP contribution in [0.2, 0.25) is 0 Å². The van der Waals surface area contributed by atoms with Crippen LogP contribution in [0.4, 0.5) is 5.82 Å². The number of fused-ring (bicyclic) bond motifs is 1. The minimum atomic E-state index is 0.498. The number of ether oxygens (including phenoxy) is 1. The molecule has 4 heteroatoms. The van der Waals surface area contributed by atoms with Crippen molar-refractivity contribution in [1.29, 1.82) is 0 Å². The van der Waals surface area contributed by atoms with E-state index in [-0.39, 0.29) is 0 Å². The molecule has 21 heavy (non-hydrogen) atoms. The van der Waals surface area contributed by atoms with Crippen LogP contribution in [0.1, 0.15) is 49.9 Å². The molecule has 2 N–H and O–H groups in total. The second-order valence-corrected chi connectivity index (χ2v) is 5.79. The first-order valence-electron chi connectivity index (χ1n) is 8.22. The van der Waals surface area contributed by atoms with E-state index in [1.807, 2.05) is 0 Å². The number of nitrogens with two attached hydrogens (primary N) is 1. The fraction of sp³-hybridized carbons (Fsp3) is 0.706. The van der Waals surface area contributed by atoms with Crippen molar-refractivity contribution in [2.75, 3.05) is 25.2 Å². The molecule has 0 spiro atoms. The van der Waals surface area contributed by atoms with Crippen LogP contribution >= 0.6 is 0 Å². The number of hydrogen-bond donors (Lipinski definition) is 1. The summed E-state index contributed by atoms with van der Waals surface area (Å²) in [6, 6.07) is 2.78. The molecule has 4 nitrogen and oxygen atoms in total. The molecule has 0 amide bonds. The molecular formula is C17H29N3O. The molecule has 0 bridgehead atoms. The summed E-state index contributed by atoms with van der Waals surface area (Å²) in [5.41, 5.74) is 9.85. The molecule has 118 valence electrons. The van der Waals surface area contributed by atoms with Gasteiger partial charge in [-0.3, -0.25) is 0 Å². The van der Waals surface area contributed by atoms with E-state index in [1.165, 1.54) is 23.2 Å². The van der Waals surface area contributed by atoms with Gasteiger partial charge in [0.2, 0.25) is 0 Å². The van der Waals surface area contributed by atoms with Gasteiger partial charge in [0.1, 0.15) is 5.82 Å². The number of rotatable bonds is 8. The van der Waals surface area contributed by atoms with Crippen LogP contribution in [-0.4, -0.2) is 31.3 Å². The number of aromatic nitrogens is 1. The van der Waals surface area contributed by atoms with E-state index in [9.17, 15) is 0 Å². The van der Waals surface area contributed by atoms with Gasteiger partial charge in [-0.15, -0.1) is 0 Å². The Morgan fingerprint density at radius 2 is 2.10 bits per heavy atom. The largest absolute Gasteiger partial charge is 0.383 e. The van der Waals surface area contributed by atoms with Crippen molar-refractivity contribution in [2.24, 2.45) is 5.73 Å². The number of nitrogens with zero attached hydrogens (tertiary/aromatic N) is 2. The van der Waals surface area contributed by atoms with Crippen molar-refractivity contribution in [3.63, 3.8) is 0 Å². The van der Waals surface area contributed by atoms with Crippen LogP contribution in [0.15, 0.2) is 6.07 Å². The topological polar surface area (TPSA) is 51.4 Å². The first kappa shape index (κ1) is 16.2. The molecule has 0 atom stereocenters. The van der Waals surface area contributed by atoms with Crippen LogP contribution in [0.3, 0.4) is 0 Å². The van der Waals surface area contributed by atoms with Gasteiger partial charge < -0.3 is 15.4 Å². The zero-order valence-corrected chi connectivity index (χ0v) is 13.7. The van der Waals surface area contributed by atoms with E-state index < -0.39 is 0 Å². The van der Waals surface area contributed by atoms with Crippen molar-refractivity contribution >= 4 is 5.82 Å². The van der Waals surface area contributed by atoms with Crippen molar-refractivity contribution in [2.45, 2.75) is 58.5 Å². The minimum absolute atomic E-state index is 0.498. The average molecular weight is 291 g/mol. The second-order valence-electron chi connectivity index (χ2n) is 5.79. The van der Waals surface area contributed by atoms with Crippen LogP contribution in [0.5, 0.6) is 0 Å². The highest BCUT2D eigenvalue weighted by atomic mass is 16.5. The highest BCUT2D eigenvalue weighted by Crippen LogP contribution is 2.29. The second kappa shape index (κ2) is 7.76. The van der Waals surface area contributed by atoms with E-state index in [4.69, 9.17) is 15.5 Å². The lowest BCUT2D eigenvalue weighted by Gasteiger charge is -2.33. The van der Waals surface area contributed by atoms with E-state index in [2.05, 4.69) is 24.8 Å². The normalized spacial score (nSPS) is 13.8. The molecule has 0 aromatic carbocycles. The number of hydrogen-bond acceptors (Lipinski definition) is 4. The fourth-order valence-corrected chi connectivity index (χ4v) is 3.29. The molecule has 1 aliphatic carbocycles. The molecule has 0 saturated carbocycles. The zero-order valence-electron chi connectivity index (χ0n) is 13.7. The predicted molar refractivity (Wildman–Crippen MR) is 87.7 cm³/mol. The molecule has 0 radical (unpaired) electrons. The van der Waals surface area contributed by atoms with Gasteiger partial charge >= 0.3 is 0 Å². The first-order chi connectivity index (χ1) is 10.2. The summed E-state index contributed by atoms with van der Waals surface area (Å²) in [7, 11) is 1.76. The lowest BCUT2D eigenvalue weighted by atomic mass is 10.1. The van der Waals surface area contributed by atoms with Crippen LogP contribution in [0, 0.1) is 0 Å². The average Bonchev–Trinajstić information content (AvgIpc) is 2.97. The van der Waals surface area contributed by atoms with Crippen LogP contribution in [0.25, 0.3) is 0 Å². The number of pyridine rings is 1. The molecule has 1 aromatic rings. The molecule has 0 aliphatic heterocycles. The third kappa shape index (κ3) is 3.55. The van der Waals surface area contributed by atoms with Gasteiger partial charge in [0.05, 0.1) is 6.61 Å². The van der Waals surface area contributed by atoms with Crippen molar-refractivity contribution < 1.29 is 4.74 Å². The summed E-state index contributed by atoms with van der Waals surface area (Å²) in [6.45, 7) is 6.63. The molecule has 1 aliphatic rings. The maximum Gasteiger partial charge on any atom is 0.133 e. The van der Waals surface area contributed by atoms with Crippen LogP contribution < -0.4 is 10.6 Å². The molecule has 0 saturated heterocycles. The lowest BCUT2D eigenvalue weighted by Crippen LogP contribution is -2.38. The Bertz CT molecular complexity index is 458. The Labute approximate surface area is 128 Å².